The number of benzene rings is 1. The topological polar surface area (TPSA) is 49.4 Å². The predicted octanol–water partition coefficient (Wildman–Crippen LogP) is 1.42. The van der Waals surface area contributed by atoms with Gasteiger partial charge in [0.05, 0.1) is 0 Å². The van der Waals surface area contributed by atoms with Gasteiger partial charge in [0.1, 0.15) is 11.7 Å². The van der Waals surface area contributed by atoms with Gasteiger partial charge in [-0.2, -0.15) is 0 Å². The van der Waals surface area contributed by atoms with Gasteiger partial charge in [-0.3, -0.25) is 14.3 Å². The Morgan fingerprint density at radius 3 is 2.65 bits per heavy atom. The molecule has 108 valence electrons. The van der Waals surface area contributed by atoms with Gasteiger partial charge in [-0.15, -0.1) is 0 Å². The molecule has 20 heavy (non-hydrogen) atoms. The summed E-state index contributed by atoms with van der Waals surface area (Å²) in [4.78, 5) is 14.4. The van der Waals surface area contributed by atoms with Crippen LogP contribution < -0.4 is 5.32 Å². The molecular weight excluding hydrogens is 272 g/mol. The molecule has 1 saturated heterocycles. The molecule has 2 fully saturated rings. The van der Waals surface area contributed by atoms with E-state index in [2.05, 4.69) is 5.32 Å². The fraction of sp³-hybridized carbons (Fsp3) is 0.533. The van der Waals surface area contributed by atoms with E-state index in [1.807, 2.05) is 42.2 Å². The van der Waals surface area contributed by atoms with E-state index in [0.717, 1.165) is 18.4 Å². The Kier molecular flexibility index (Phi) is 3.65. The first-order valence-electron chi connectivity index (χ1n) is 7.15. The number of rotatable bonds is 5. The first-order chi connectivity index (χ1) is 9.66. The minimum Gasteiger partial charge on any atom is -0.320 e. The molecular formula is C15H20N2O2S. The van der Waals surface area contributed by atoms with Crippen LogP contribution in [0.5, 0.6) is 0 Å². The van der Waals surface area contributed by atoms with Crippen LogP contribution in [-0.4, -0.2) is 38.6 Å². The molecule has 1 aliphatic heterocycles. The van der Waals surface area contributed by atoms with Crippen molar-refractivity contribution in [1.29, 1.82) is 0 Å². The second-order valence-electron chi connectivity index (χ2n) is 5.47. The summed E-state index contributed by atoms with van der Waals surface area (Å²) in [6.45, 7) is 2.48. The van der Waals surface area contributed by atoms with E-state index in [1.165, 1.54) is 0 Å². The van der Waals surface area contributed by atoms with Gasteiger partial charge in [0.2, 0.25) is 5.91 Å². The zero-order valence-electron chi connectivity index (χ0n) is 11.7. The summed E-state index contributed by atoms with van der Waals surface area (Å²) in [6.07, 6.45) is 1.77. The fourth-order valence-electron chi connectivity index (χ4n) is 2.75. The number of carbonyl (C=O) groups is 1. The number of amides is 1. The fourth-order valence-corrected chi connectivity index (χ4v) is 3.44. The SMILES string of the molecule is CCS(=O)CCN1C(=O)C2(CC2)NC1c1ccccc1. The van der Waals surface area contributed by atoms with Crippen LogP contribution in [0.2, 0.25) is 0 Å². The molecule has 1 N–H and O–H groups in total. The maximum Gasteiger partial charge on any atom is 0.244 e. The van der Waals surface area contributed by atoms with Crippen LogP contribution in [0, 0.1) is 0 Å². The van der Waals surface area contributed by atoms with Crippen molar-refractivity contribution in [3.05, 3.63) is 35.9 Å². The molecule has 2 unspecified atom stereocenters. The second kappa shape index (κ2) is 5.30. The van der Waals surface area contributed by atoms with E-state index in [4.69, 9.17) is 0 Å². The first-order valence-corrected chi connectivity index (χ1v) is 8.64. The maximum atomic E-state index is 12.5. The van der Waals surface area contributed by atoms with Gasteiger partial charge in [-0.05, 0) is 18.4 Å². The summed E-state index contributed by atoms with van der Waals surface area (Å²) >= 11 is 0. The quantitative estimate of drug-likeness (QED) is 0.893. The Labute approximate surface area is 122 Å². The van der Waals surface area contributed by atoms with Crippen molar-refractivity contribution >= 4 is 16.7 Å². The largest absolute Gasteiger partial charge is 0.320 e. The van der Waals surface area contributed by atoms with Crippen molar-refractivity contribution in [1.82, 2.24) is 10.2 Å². The Morgan fingerprint density at radius 1 is 1.35 bits per heavy atom. The molecule has 1 spiro atoms. The lowest BCUT2D eigenvalue weighted by Crippen LogP contribution is -2.35. The van der Waals surface area contributed by atoms with E-state index in [9.17, 15) is 9.00 Å². The number of hydrogen-bond donors (Lipinski definition) is 1. The number of carbonyl (C=O) groups excluding carboxylic acids is 1. The van der Waals surface area contributed by atoms with Crippen molar-refractivity contribution in [2.24, 2.45) is 0 Å². The molecule has 1 aromatic carbocycles. The standard InChI is InChI=1S/C15H20N2O2S/c1-2-20(19)11-10-17-13(12-6-4-3-5-7-12)16-15(8-9-15)14(17)18/h3-7,13,16H,2,8-11H2,1H3. The Bertz CT molecular complexity index is 528. The minimum atomic E-state index is -0.835. The molecule has 1 aliphatic carbocycles. The third kappa shape index (κ3) is 2.40. The van der Waals surface area contributed by atoms with Gasteiger partial charge in [0, 0.05) is 28.9 Å². The molecule has 2 aliphatic rings. The highest BCUT2D eigenvalue weighted by Gasteiger charge is 2.59. The van der Waals surface area contributed by atoms with E-state index < -0.39 is 10.8 Å². The van der Waals surface area contributed by atoms with Gasteiger partial charge in [-0.1, -0.05) is 37.3 Å². The number of nitrogens with zero attached hydrogens (tertiary/aromatic N) is 1. The van der Waals surface area contributed by atoms with Crippen LogP contribution in [-0.2, 0) is 15.6 Å². The lowest BCUT2D eigenvalue weighted by Gasteiger charge is -2.24. The van der Waals surface area contributed by atoms with E-state index >= 15 is 0 Å². The van der Waals surface area contributed by atoms with Crippen molar-refractivity contribution in [2.45, 2.75) is 31.5 Å². The summed E-state index contributed by atoms with van der Waals surface area (Å²) in [5.41, 5.74) is 0.778. The Morgan fingerprint density at radius 2 is 2.05 bits per heavy atom. The molecule has 5 heteroatoms. The van der Waals surface area contributed by atoms with Gasteiger partial charge >= 0.3 is 0 Å². The van der Waals surface area contributed by atoms with Crippen LogP contribution in [0.3, 0.4) is 0 Å². The highest BCUT2D eigenvalue weighted by molar-refractivity contribution is 7.84. The van der Waals surface area contributed by atoms with Crippen molar-refractivity contribution in [2.75, 3.05) is 18.1 Å². The van der Waals surface area contributed by atoms with Crippen molar-refractivity contribution < 1.29 is 9.00 Å². The van der Waals surface area contributed by atoms with Crippen LogP contribution in [0.4, 0.5) is 0 Å². The summed E-state index contributed by atoms with van der Waals surface area (Å²) in [7, 11) is -0.835. The molecule has 0 aromatic heterocycles. The zero-order valence-corrected chi connectivity index (χ0v) is 12.5. The normalized spacial score (nSPS) is 25.1. The van der Waals surface area contributed by atoms with Crippen molar-refractivity contribution in [3.63, 3.8) is 0 Å². The zero-order chi connectivity index (χ0) is 14.2. The number of hydrogen-bond acceptors (Lipinski definition) is 3. The summed E-state index contributed by atoms with van der Waals surface area (Å²) < 4.78 is 11.6. The molecule has 1 amide bonds. The maximum absolute atomic E-state index is 12.5. The number of nitrogens with one attached hydrogen (secondary N) is 1. The molecule has 1 heterocycles. The van der Waals surface area contributed by atoms with Crippen molar-refractivity contribution in [3.8, 4) is 0 Å². The monoisotopic (exact) mass is 292 g/mol. The summed E-state index contributed by atoms with van der Waals surface area (Å²) in [5.74, 6) is 1.39. The molecule has 0 bridgehead atoms. The first kappa shape index (κ1) is 13.8. The van der Waals surface area contributed by atoms with Gasteiger partial charge in [-0.25, -0.2) is 0 Å². The van der Waals surface area contributed by atoms with Crippen LogP contribution in [0.25, 0.3) is 0 Å². The van der Waals surface area contributed by atoms with Crippen LogP contribution in [0.15, 0.2) is 30.3 Å². The summed E-state index contributed by atoms with van der Waals surface area (Å²) in [6, 6.07) is 10.0. The summed E-state index contributed by atoms with van der Waals surface area (Å²) in [5, 5.41) is 3.48. The highest BCUT2D eigenvalue weighted by Crippen LogP contribution is 2.45. The molecule has 1 aromatic rings. The molecule has 4 nitrogen and oxygen atoms in total. The lowest BCUT2D eigenvalue weighted by atomic mass is 10.1. The van der Waals surface area contributed by atoms with Gasteiger partial charge in [0.25, 0.3) is 0 Å². The average Bonchev–Trinajstić information content (AvgIpc) is 3.21. The predicted molar refractivity (Wildman–Crippen MR) is 79.5 cm³/mol. The van der Waals surface area contributed by atoms with E-state index in [1.54, 1.807) is 0 Å². The average molecular weight is 292 g/mol. The lowest BCUT2D eigenvalue weighted by molar-refractivity contribution is -0.130. The second-order valence-corrected chi connectivity index (χ2v) is 7.34. The van der Waals surface area contributed by atoms with Gasteiger partial charge < -0.3 is 4.90 Å². The smallest absolute Gasteiger partial charge is 0.244 e. The third-order valence-corrected chi connectivity index (χ3v) is 5.42. The minimum absolute atomic E-state index is 0.0694. The molecule has 1 saturated carbocycles. The van der Waals surface area contributed by atoms with E-state index in [0.29, 0.717) is 18.1 Å². The van der Waals surface area contributed by atoms with Crippen LogP contribution in [0.1, 0.15) is 31.5 Å². The molecule has 3 rings (SSSR count). The van der Waals surface area contributed by atoms with Crippen LogP contribution >= 0.6 is 0 Å². The third-order valence-electron chi connectivity index (χ3n) is 4.14. The Hall–Kier alpha value is -1.20. The van der Waals surface area contributed by atoms with Gasteiger partial charge in [0.15, 0.2) is 0 Å². The van der Waals surface area contributed by atoms with E-state index in [-0.39, 0.29) is 17.6 Å². The molecule has 0 radical (unpaired) electrons. The Balaban J connectivity index is 1.80. The molecule has 2 atom stereocenters. The highest BCUT2D eigenvalue weighted by atomic mass is 32.2.